The molecule has 1 heterocycles. The van der Waals surface area contributed by atoms with Gasteiger partial charge in [0.25, 0.3) is 0 Å². The van der Waals surface area contributed by atoms with Crippen LogP contribution in [0.1, 0.15) is 39.5 Å². The minimum atomic E-state index is -0.750. The third-order valence-corrected chi connectivity index (χ3v) is 3.76. The van der Waals surface area contributed by atoms with Crippen molar-refractivity contribution >= 4 is 11.8 Å². The lowest BCUT2D eigenvalue weighted by Crippen LogP contribution is -2.72. The summed E-state index contributed by atoms with van der Waals surface area (Å²) in [6.07, 6.45) is 3.67. The van der Waals surface area contributed by atoms with Crippen molar-refractivity contribution in [2.24, 2.45) is 0 Å². The van der Waals surface area contributed by atoms with E-state index in [0.717, 1.165) is 25.7 Å². The maximum atomic E-state index is 12.1. The zero-order valence-electron chi connectivity index (χ0n) is 9.59. The van der Waals surface area contributed by atoms with Gasteiger partial charge in [0, 0.05) is 7.05 Å². The smallest absolute Gasteiger partial charge is 0.248 e. The second-order valence-electron chi connectivity index (χ2n) is 5.18. The van der Waals surface area contributed by atoms with Crippen molar-refractivity contribution in [2.45, 2.75) is 50.6 Å². The van der Waals surface area contributed by atoms with Crippen LogP contribution in [0.15, 0.2) is 0 Å². The predicted octanol–water partition coefficient (Wildman–Crippen LogP) is 0.666. The zero-order chi connectivity index (χ0) is 11.3. The average Bonchev–Trinajstić information content (AvgIpc) is 2.62. The van der Waals surface area contributed by atoms with E-state index in [1.807, 2.05) is 0 Å². The van der Waals surface area contributed by atoms with Gasteiger partial charge in [-0.05, 0) is 26.7 Å². The fraction of sp³-hybridized carbons (Fsp3) is 0.818. The second kappa shape index (κ2) is 2.97. The van der Waals surface area contributed by atoms with Gasteiger partial charge < -0.3 is 10.2 Å². The molecule has 0 radical (unpaired) electrons. The monoisotopic (exact) mass is 210 g/mol. The minimum Gasteiger partial charge on any atom is -0.340 e. The predicted molar refractivity (Wildman–Crippen MR) is 56.2 cm³/mol. The summed E-state index contributed by atoms with van der Waals surface area (Å²) in [5, 5.41) is 2.84. The molecule has 1 saturated heterocycles. The van der Waals surface area contributed by atoms with Crippen molar-refractivity contribution in [1.29, 1.82) is 0 Å². The number of carbonyl (C=O) groups is 2. The van der Waals surface area contributed by atoms with Crippen molar-refractivity contribution in [2.75, 3.05) is 7.05 Å². The molecule has 0 unspecified atom stereocenters. The number of likely N-dealkylation sites (N-methyl/N-ethyl adjacent to an activating group) is 1. The van der Waals surface area contributed by atoms with Crippen LogP contribution in [-0.2, 0) is 9.59 Å². The number of carbonyl (C=O) groups excluding carboxylic acids is 2. The first-order valence-electron chi connectivity index (χ1n) is 5.51. The highest BCUT2D eigenvalue weighted by Crippen LogP contribution is 2.38. The molecule has 2 rings (SSSR count). The van der Waals surface area contributed by atoms with E-state index in [0.29, 0.717) is 0 Å². The summed E-state index contributed by atoms with van der Waals surface area (Å²) in [5.74, 6) is 0.0381. The standard InChI is InChI=1S/C11H18N2O2/c1-10(2)9(15)13(3)11(8(14)12-10)6-4-5-7-11/h4-7H2,1-3H3,(H,12,14). The molecule has 1 aliphatic carbocycles. The van der Waals surface area contributed by atoms with Gasteiger partial charge in [-0.2, -0.15) is 0 Å². The van der Waals surface area contributed by atoms with Crippen LogP contribution in [0.5, 0.6) is 0 Å². The summed E-state index contributed by atoms with van der Waals surface area (Å²) < 4.78 is 0. The van der Waals surface area contributed by atoms with Gasteiger partial charge in [-0.3, -0.25) is 9.59 Å². The lowest BCUT2D eigenvalue weighted by molar-refractivity contribution is -0.159. The van der Waals surface area contributed by atoms with Crippen LogP contribution in [0.2, 0.25) is 0 Å². The van der Waals surface area contributed by atoms with Crippen molar-refractivity contribution in [3.63, 3.8) is 0 Å². The van der Waals surface area contributed by atoms with E-state index in [-0.39, 0.29) is 11.8 Å². The van der Waals surface area contributed by atoms with Gasteiger partial charge in [0.15, 0.2) is 0 Å². The van der Waals surface area contributed by atoms with Crippen LogP contribution in [-0.4, -0.2) is 34.8 Å². The van der Waals surface area contributed by atoms with E-state index in [1.54, 1.807) is 25.8 Å². The first kappa shape index (κ1) is 10.5. The van der Waals surface area contributed by atoms with E-state index in [1.165, 1.54) is 0 Å². The van der Waals surface area contributed by atoms with E-state index < -0.39 is 11.1 Å². The molecule has 0 aromatic heterocycles. The van der Waals surface area contributed by atoms with Crippen LogP contribution in [0.4, 0.5) is 0 Å². The van der Waals surface area contributed by atoms with E-state index in [9.17, 15) is 9.59 Å². The molecule has 4 nitrogen and oxygen atoms in total. The Hall–Kier alpha value is -1.06. The third-order valence-electron chi connectivity index (χ3n) is 3.76. The Kier molecular flexibility index (Phi) is 2.07. The number of hydrogen-bond acceptors (Lipinski definition) is 2. The highest BCUT2D eigenvalue weighted by molar-refractivity contribution is 6.01. The van der Waals surface area contributed by atoms with Gasteiger partial charge in [0.1, 0.15) is 11.1 Å². The summed E-state index contributed by atoms with van der Waals surface area (Å²) >= 11 is 0. The van der Waals surface area contributed by atoms with Gasteiger partial charge in [0.05, 0.1) is 0 Å². The van der Waals surface area contributed by atoms with E-state index in [4.69, 9.17) is 0 Å². The topological polar surface area (TPSA) is 49.4 Å². The number of nitrogens with one attached hydrogen (secondary N) is 1. The van der Waals surface area contributed by atoms with Crippen LogP contribution in [0, 0.1) is 0 Å². The molecule has 84 valence electrons. The van der Waals surface area contributed by atoms with Crippen LogP contribution >= 0.6 is 0 Å². The highest BCUT2D eigenvalue weighted by Gasteiger charge is 2.54. The zero-order valence-corrected chi connectivity index (χ0v) is 9.59. The SMILES string of the molecule is CN1C(=O)C(C)(C)NC(=O)C12CCCC2. The van der Waals surface area contributed by atoms with Crippen molar-refractivity contribution < 1.29 is 9.59 Å². The summed E-state index contributed by atoms with van der Waals surface area (Å²) in [6.45, 7) is 3.51. The highest BCUT2D eigenvalue weighted by atomic mass is 16.2. The lowest BCUT2D eigenvalue weighted by Gasteiger charge is -2.47. The first-order valence-corrected chi connectivity index (χ1v) is 5.51. The van der Waals surface area contributed by atoms with Gasteiger partial charge >= 0.3 is 0 Å². The van der Waals surface area contributed by atoms with Crippen LogP contribution < -0.4 is 5.32 Å². The van der Waals surface area contributed by atoms with Crippen LogP contribution in [0.25, 0.3) is 0 Å². The van der Waals surface area contributed by atoms with Crippen LogP contribution in [0.3, 0.4) is 0 Å². The molecule has 2 amide bonds. The Morgan fingerprint density at radius 3 is 2.27 bits per heavy atom. The number of hydrogen-bond donors (Lipinski definition) is 1. The molecule has 2 aliphatic rings. The van der Waals surface area contributed by atoms with Gasteiger partial charge in [0.2, 0.25) is 11.8 Å². The summed E-state index contributed by atoms with van der Waals surface area (Å²) in [5.41, 5.74) is -1.30. The largest absolute Gasteiger partial charge is 0.340 e. The molecule has 0 atom stereocenters. The Bertz CT molecular complexity index is 317. The average molecular weight is 210 g/mol. The third kappa shape index (κ3) is 1.27. The van der Waals surface area contributed by atoms with Crippen molar-refractivity contribution in [3.05, 3.63) is 0 Å². The first-order chi connectivity index (χ1) is 6.90. The Morgan fingerprint density at radius 1 is 1.20 bits per heavy atom. The molecular weight excluding hydrogens is 192 g/mol. The number of nitrogens with zero attached hydrogens (tertiary/aromatic N) is 1. The molecular formula is C11H18N2O2. The molecule has 1 aliphatic heterocycles. The van der Waals surface area contributed by atoms with Gasteiger partial charge in [-0.15, -0.1) is 0 Å². The minimum absolute atomic E-state index is 0.0176. The van der Waals surface area contributed by atoms with E-state index in [2.05, 4.69) is 5.32 Å². The molecule has 15 heavy (non-hydrogen) atoms. The fourth-order valence-electron chi connectivity index (χ4n) is 2.74. The van der Waals surface area contributed by atoms with Crippen molar-refractivity contribution in [3.8, 4) is 0 Å². The molecule has 0 aromatic rings. The normalized spacial score (nSPS) is 28.3. The Balaban J connectivity index is 2.36. The fourth-order valence-corrected chi connectivity index (χ4v) is 2.74. The van der Waals surface area contributed by atoms with E-state index >= 15 is 0 Å². The summed E-state index contributed by atoms with van der Waals surface area (Å²) in [7, 11) is 1.76. The number of rotatable bonds is 0. The van der Waals surface area contributed by atoms with Crippen molar-refractivity contribution in [1.82, 2.24) is 10.2 Å². The summed E-state index contributed by atoms with van der Waals surface area (Å²) in [6, 6.07) is 0. The number of piperazine rings is 1. The maximum Gasteiger partial charge on any atom is 0.248 e. The maximum absolute atomic E-state index is 12.1. The lowest BCUT2D eigenvalue weighted by atomic mass is 9.86. The second-order valence-corrected chi connectivity index (χ2v) is 5.18. The summed E-state index contributed by atoms with van der Waals surface area (Å²) in [4.78, 5) is 25.8. The quantitative estimate of drug-likeness (QED) is 0.638. The molecule has 1 N–H and O–H groups in total. The molecule has 4 heteroatoms. The molecule has 1 saturated carbocycles. The van der Waals surface area contributed by atoms with Gasteiger partial charge in [-0.25, -0.2) is 0 Å². The molecule has 0 aromatic carbocycles. The Labute approximate surface area is 90.0 Å². The van der Waals surface area contributed by atoms with Gasteiger partial charge in [-0.1, -0.05) is 12.8 Å². The molecule has 2 fully saturated rings. The number of amides is 2. The Morgan fingerprint density at radius 2 is 1.73 bits per heavy atom. The molecule has 0 bridgehead atoms. The molecule has 1 spiro atoms.